The van der Waals surface area contributed by atoms with Gasteiger partial charge in [-0.1, -0.05) is 36.4 Å². The van der Waals surface area contributed by atoms with Crippen LogP contribution in [0.4, 0.5) is 0 Å². The van der Waals surface area contributed by atoms with E-state index in [2.05, 4.69) is 0 Å². The van der Waals surface area contributed by atoms with Crippen LogP contribution in [-0.4, -0.2) is 68.0 Å². The number of hydrogen-bond donors (Lipinski definition) is 1. The van der Waals surface area contributed by atoms with Gasteiger partial charge in [-0.3, -0.25) is 9.59 Å². The predicted octanol–water partition coefficient (Wildman–Crippen LogP) is 3.84. The van der Waals surface area contributed by atoms with E-state index in [4.69, 9.17) is 9.47 Å². The highest BCUT2D eigenvalue weighted by molar-refractivity contribution is 6.46. The van der Waals surface area contributed by atoms with Crippen molar-refractivity contribution in [3.63, 3.8) is 0 Å². The number of likely N-dealkylation sites (N-methyl/N-ethyl adjacent to an activating group) is 1. The summed E-state index contributed by atoms with van der Waals surface area (Å²) in [6, 6.07) is 17.5. The molecule has 1 amide bonds. The maximum atomic E-state index is 13.2. The van der Waals surface area contributed by atoms with Crippen LogP contribution in [0.25, 0.3) is 16.5 Å². The van der Waals surface area contributed by atoms with Gasteiger partial charge in [0.25, 0.3) is 11.7 Å². The highest BCUT2D eigenvalue weighted by atomic mass is 16.5. The van der Waals surface area contributed by atoms with Gasteiger partial charge in [-0.15, -0.1) is 0 Å². The Morgan fingerprint density at radius 3 is 2.38 bits per heavy atom. The number of benzene rings is 3. The van der Waals surface area contributed by atoms with Crippen LogP contribution < -0.4 is 9.47 Å². The Kier molecular flexibility index (Phi) is 6.56. The molecule has 3 aromatic carbocycles. The van der Waals surface area contributed by atoms with E-state index in [1.807, 2.05) is 61.5 Å². The normalized spacial score (nSPS) is 17.6. The van der Waals surface area contributed by atoms with Gasteiger partial charge in [0.15, 0.2) is 0 Å². The van der Waals surface area contributed by atoms with E-state index in [1.165, 1.54) is 4.90 Å². The van der Waals surface area contributed by atoms with Crippen molar-refractivity contribution >= 4 is 28.2 Å². The summed E-state index contributed by atoms with van der Waals surface area (Å²) in [5.74, 6) is -0.279. The molecule has 0 saturated carbocycles. The Bertz CT molecular complexity index is 1280. The quantitative estimate of drug-likeness (QED) is 0.328. The molecular formula is C27H28N2O5. The molecular weight excluding hydrogens is 432 g/mol. The number of nitrogens with zero attached hydrogens (tertiary/aromatic N) is 2. The van der Waals surface area contributed by atoms with Gasteiger partial charge < -0.3 is 24.4 Å². The first-order chi connectivity index (χ1) is 16.3. The Labute approximate surface area is 198 Å². The highest BCUT2D eigenvalue weighted by Gasteiger charge is 2.46. The third-order valence-corrected chi connectivity index (χ3v) is 6.08. The second-order valence-corrected chi connectivity index (χ2v) is 8.47. The number of para-hydroxylation sites is 1. The molecule has 7 heteroatoms. The number of methoxy groups -OCH3 is 2. The van der Waals surface area contributed by atoms with E-state index >= 15 is 0 Å². The summed E-state index contributed by atoms with van der Waals surface area (Å²) in [6.07, 6.45) is 0. The van der Waals surface area contributed by atoms with Gasteiger partial charge in [-0.25, -0.2) is 0 Å². The number of aliphatic hydroxyl groups excluding tert-OH is 1. The Morgan fingerprint density at radius 2 is 1.68 bits per heavy atom. The van der Waals surface area contributed by atoms with Crippen molar-refractivity contribution in [1.29, 1.82) is 0 Å². The number of amides is 1. The van der Waals surface area contributed by atoms with Crippen LogP contribution in [0.2, 0.25) is 0 Å². The fraction of sp³-hybridized carbons (Fsp3) is 0.259. The van der Waals surface area contributed by atoms with Gasteiger partial charge in [0.1, 0.15) is 17.3 Å². The van der Waals surface area contributed by atoms with Gasteiger partial charge in [0.05, 0.1) is 25.8 Å². The van der Waals surface area contributed by atoms with Crippen LogP contribution in [-0.2, 0) is 9.59 Å². The largest absolute Gasteiger partial charge is 0.507 e. The second kappa shape index (κ2) is 9.57. The van der Waals surface area contributed by atoms with Crippen LogP contribution in [0.15, 0.2) is 66.2 Å². The van der Waals surface area contributed by atoms with Crippen molar-refractivity contribution in [3.8, 4) is 11.5 Å². The monoisotopic (exact) mass is 460 g/mol. The fourth-order valence-corrected chi connectivity index (χ4v) is 4.29. The summed E-state index contributed by atoms with van der Waals surface area (Å²) < 4.78 is 10.8. The molecule has 1 aliphatic rings. The Morgan fingerprint density at radius 1 is 0.971 bits per heavy atom. The number of rotatable bonds is 7. The molecule has 4 rings (SSSR count). The van der Waals surface area contributed by atoms with Gasteiger partial charge in [-0.05, 0) is 49.1 Å². The maximum absolute atomic E-state index is 13.2. The molecule has 3 aromatic rings. The third-order valence-electron chi connectivity index (χ3n) is 6.08. The summed E-state index contributed by atoms with van der Waals surface area (Å²) >= 11 is 0. The average molecular weight is 461 g/mol. The molecule has 0 aromatic heterocycles. The van der Waals surface area contributed by atoms with Gasteiger partial charge in [-0.2, -0.15) is 0 Å². The zero-order valence-electron chi connectivity index (χ0n) is 19.7. The molecule has 34 heavy (non-hydrogen) atoms. The molecule has 7 nitrogen and oxygen atoms in total. The van der Waals surface area contributed by atoms with E-state index in [-0.39, 0.29) is 11.3 Å². The van der Waals surface area contributed by atoms with Crippen molar-refractivity contribution in [2.45, 2.75) is 6.04 Å². The first-order valence-electron chi connectivity index (χ1n) is 11.0. The lowest BCUT2D eigenvalue weighted by Crippen LogP contribution is -2.35. The maximum Gasteiger partial charge on any atom is 0.295 e. The zero-order chi connectivity index (χ0) is 24.4. The van der Waals surface area contributed by atoms with Crippen LogP contribution in [0.1, 0.15) is 17.2 Å². The number of carbonyl (C=O) groups is 2. The van der Waals surface area contributed by atoms with Crippen molar-refractivity contribution < 1.29 is 24.2 Å². The summed E-state index contributed by atoms with van der Waals surface area (Å²) in [5.41, 5.74) is 1.17. The lowest BCUT2D eigenvalue weighted by atomic mass is 9.94. The third kappa shape index (κ3) is 4.22. The summed E-state index contributed by atoms with van der Waals surface area (Å²) in [5, 5.41) is 13.2. The second-order valence-electron chi connectivity index (χ2n) is 8.47. The van der Waals surface area contributed by atoms with Crippen molar-refractivity contribution in [3.05, 3.63) is 77.4 Å². The topological polar surface area (TPSA) is 79.3 Å². The first kappa shape index (κ1) is 23.3. The number of ether oxygens (including phenoxy) is 2. The van der Waals surface area contributed by atoms with E-state index in [0.29, 0.717) is 30.0 Å². The molecule has 1 N–H and O–H groups in total. The highest BCUT2D eigenvalue weighted by Crippen LogP contribution is 2.42. The van der Waals surface area contributed by atoms with E-state index in [0.717, 1.165) is 16.5 Å². The van der Waals surface area contributed by atoms with E-state index in [1.54, 1.807) is 32.4 Å². The minimum atomic E-state index is -0.761. The Hall–Kier alpha value is -3.84. The molecule has 1 unspecified atom stereocenters. The Balaban J connectivity index is 1.88. The van der Waals surface area contributed by atoms with E-state index < -0.39 is 17.7 Å². The molecule has 0 bridgehead atoms. The molecule has 176 valence electrons. The van der Waals surface area contributed by atoms with E-state index in [9.17, 15) is 14.7 Å². The number of carbonyl (C=O) groups excluding carboxylic acids is 2. The number of fused-ring (bicyclic) bond motifs is 1. The standard InChI is InChI=1S/C27H28N2O5/c1-28(2)13-14-29-24(21-7-5-6-8-22(21)34-4)23(26(31)27(29)32)25(30)19-10-9-18-16-20(33-3)12-11-17(18)15-19/h5-12,15-16,24,30H,13-14H2,1-4H3/b25-23+. The number of Topliss-reactive ketones (excluding diaryl/α,β-unsaturated/α-hetero) is 1. The minimum Gasteiger partial charge on any atom is -0.507 e. The van der Waals surface area contributed by atoms with Crippen LogP contribution >= 0.6 is 0 Å². The molecule has 1 heterocycles. The van der Waals surface area contributed by atoms with Crippen LogP contribution in [0, 0.1) is 0 Å². The van der Waals surface area contributed by atoms with Crippen molar-refractivity contribution in [1.82, 2.24) is 9.80 Å². The molecule has 0 aliphatic carbocycles. The number of hydrogen-bond acceptors (Lipinski definition) is 6. The molecule has 1 atom stereocenters. The summed E-state index contributed by atoms with van der Waals surface area (Å²) in [4.78, 5) is 29.8. The molecule has 1 aliphatic heterocycles. The molecule has 0 spiro atoms. The SMILES string of the molecule is COc1ccc2cc(/C(O)=C3\C(=O)C(=O)N(CCN(C)C)C3c3ccccc3OC)ccc2c1. The number of aliphatic hydroxyl groups is 1. The zero-order valence-corrected chi connectivity index (χ0v) is 19.7. The van der Waals surface area contributed by atoms with Crippen molar-refractivity contribution in [2.75, 3.05) is 41.4 Å². The van der Waals surface area contributed by atoms with Crippen LogP contribution in [0.3, 0.4) is 0 Å². The van der Waals surface area contributed by atoms with Gasteiger partial charge in [0.2, 0.25) is 0 Å². The molecule has 0 radical (unpaired) electrons. The summed E-state index contributed by atoms with van der Waals surface area (Å²) in [6.45, 7) is 0.894. The lowest BCUT2D eigenvalue weighted by molar-refractivity contribution is -0.140. The molecule has 1 fully saturated rings. The van der Waals surface area contributed by atoms with Crippen LogP contribution in [0.5, 0.6) is 11.5 Å². The van der Waals surface area contributed by atoms with Crippen molar-refractivity contribution in [2.24, 2.45) is 0 Å². The van der Waals surface area contributed by atoms with Gasteiger partial charge in [0, 0.05) is 24.2 Å². The predicted molar refractivity (Wildman–Crippen MR) is 131 cm³/mol. The lowest BCUT2D eigenvalue weighted by Gasteiger charge is -2.27. The average Bonchev–Trinajstić information content (AvgIpc) is 3.10. The first-order valence-corrected chi connectivity index (χ1v) is 11.0. The number of likely N-dealkylation sites (tertiary alicyclic amines) is 1. The van der Waals surface area contributed by atoms with Gasteiger partial charge >= 0.3 is 0 Å². The number of ketones is 1. The summed E-state index contributed by atoms with van der Waals surface area (Å²) in [7, 11) is 6.95. The minimum absolute atomic E-state index is 0.0566. The fourth-order valence-electron chi connectivity index (χ4n) is 4.29. The smallest absolute Gasteiger partial charge is 0.295 e. The molecule has 1 saturated heterocycles.